The first kappa shape index (κ1) is 23.7. The van der Waals surface area contributed by atoms with Crippen LogP contribution in [-0.4, -0.2) is 26.4 Å². The molecule has 0 fully saturated rings. The number of oxime groups is 1. The third-order valence-electron chi connectivity index (χ3n) is 5.61. The molecule has 8 nitrogen and oxygen atoms in total. The zero-order valence-electron chi connectivity index (χ0n) is 19.0. The maximum Gasteiger partial charge on any atom is 0.433 e. The fourth-order valence-electron chi connectivity index (χ4n) is 3.44. The Morgan fingerprint density at radius 1 is 1.06 bits per heavy atom. The van der Waals surface area contributed by atoms with Crippen molar-refractivity contribution in [1.82, 2.24) is 14.6 Å². The number of carbonyl (C=O) groups is 1. The third kappa shape index (κ3) is 4.65. The Labute approximate surface area is 198 Å². The van der Waals surface area contributed by atoms with Gasteiger partial charge in [-0.1, -0.05) is 29.4 Å². The van der Waals surface area contributed by atoms with Gasteiger partial charge in [-0.15, -0.1) is 0 Å². The molecule has 0 spiro atoms. The Balaban J connectivity index is 1.72. The molecule has 2 aromatic carbocycles. The molecule has 0 saturated heterocycles. The zero-order valence-corrected chi connectivity index (χ0v) is 19.0. The van der Waals surface area contributed by atoms with Crippen molar-refractivity contribution in [3.05, 3.63) is 82.2 Å². The van der Waals surface area contributed by atoms with E-state index in [-0.39, 0.29) is 17.2 Å². The normalized spacial score (nSPS) is 12.2. The molecular weight excluding hydrogens is 461 g/mol. The monoisotopic (exact) mass is 482 g/mol. The highest BCUT2D eigenvalue weighted by molar-refractivity contribution is 6.00. The summed E-state index contributed by atoms with van der Waals surface area (Å²) in [5, 5.41) is 7.35. The van der Waals surface area contributed by atoms with Crippen LogP contribution in [0.25, 0.3) is 16.9 Å². The van der Waals surface area contributed by atoms with Gasteiger partial charge in [-0.25, -0.2) is 14.3 Å². The number of carbonyl (C=O) groups excluding carboxylic acids is 1. The van der Waals surface area contributed by atoms with Gasteiger partial charge in [0.05, 0.1) is 5.69 Å². The van der Waals surface area contributed by atoms with Crippen LogP contribution < -0.4 is 11.5 Å². The van der Waals surface area contributed by atoms with Gasteiger partial charge in [0.2, 0.25) is 0 Å². The summed E-state index contributed by atoms with van der Waals surface area (Å²) in [5.41, 5.74) is 14.1. The Morgan fingerprint density at radius 3 is 2.49 bits per heavy atom. The summed E-state index contributed by atoms with van der Waals surface area (Å²) >= 11 is 0. The highest BCUT2D eigenvalue weighted by atomic mass is 19.4. The predicted molar refractivity (Wildman–Crippen MR) is 125 cm³/mol. The van der Waals surface area contributed by atoms with E-state index in [1.807, 2.05) is 13.8 Å². The number of amidine groups is 1. The molecule has 0 aliphatic rings. The minimum absolute atomic E-state index is 0.0900. The summed E-state index contributed by atoms with van der Waals surface area (Å²) in [6.07, 6.45) is -4.75. The van der Waals surface area contributed by atoms with Gasteiger partial charge in [0.25, 0.3) is 0 Å². The van der Waals surface area contributed by atoms with E-state index in [1.165, 1.54) is 0 Å². The molecule has 4 aromatic rings. The maximum atomic E-state index is 13.8. The fraction of sp³-hybridized carbons (Fsp3) is 0.167. The minimum Gasteiger partial charge on any atom is -0.398 e. The number of nitrogens with zero attached hydrogens (tertiary/aromatic N) is 4. The first-order chi connectivity index (χ1) is 16.5. The van der Waals surface area contributed by atoms with Crippen LogP contribution in [0.1, 0.15) is 38.4 Å². The Hall–Kier alpha value is -4.41. The lowest BCUT2D eigenvalue weighted by Gasteiger charge is -2.11. The molecule has 2 aromatic heterocycles. The second kappa shape index (κ2) is 8.75. The zero-order chi connectivity index (χ0) is 25.5. The molecule has 4 rings (SSSR count). The molecule has 0 bridgehead atoms. The van der Waals surface area contributed by atoms with E-state index in [1.54, 1.807) is 43.3 Å². The van der Waals surface area contributed by atoms with Crippen LogP contribution in [0.5, 0.6) is 0 Å². The number of aryl methyl sites for hydroxylation is 2. The summed E-state index contributed by atoms with van der Waals surface area (Å²) in [6, 6.07) is 12.2. The number of rotatable bonds is 4. The van der Waals surface area contributed by atoms with E-state index in [0.717, 1.165) is 23.3 Å². The molecular formula is C24H21F3N6O2. The average Bonchev–Trinajstić information content (AvgIpc) is 3.23. The molecule has 180 valence electrons. The van der Waals surface area contributed by atoms with Crippen LogP contribution in [-0.2, 0) is 11.0 Å². The Morgan fingerprint density at radius 2 is 1.80 bits per heavy atom. The maximum absolute atomic E-state index is 13.8. The molecule has 0 radical (unpaired) electrons. The number of alkyl halides is 3. The van der Waals surface area contributed by atoms with Crippen molar-refractivity contribution in [2.24, 2.45) is 10.9 Å². The van der Waals surface area contributed by atoms with Crippen molar-refractivity contribution in [1.29, 1.82) is 0 Å². The van der Waals surface area contributed by atoms with Gasteiger partial charge in [0.15, 0.2) is 22.9 Å². The first-order valence-electron chi connectivity index (χ1n) is 10.4. The number of halogens is 3. The van der Waals surface area contributed by atoms with Crippen molar-refractivity contribution < 1.29 is 22.8 Å². The number of nitrogen functional groups attached to an aromatic ring is 1. The van der Waals surface area contributed by atoms with Crippen LogP contribution in [0.4, 0.5) is 18.9 Å². The minimum atomic E-state index is -4.75. The number of hydrogen-bond donors (Lipinski definition) is 2. The third-order valence-corrected chi connectivity index (χ3v) is 5.61. The highest BCUT2D eigenvalue weighted by Crippen LogP contribution is 2.32. The van der Waals surface area contributed by atoms with Gasteiger partial charge >= 0.3 is 12.1 Å². The van der Waals surface area contributed by atoms with Crippen molar-refractivity contribution >= 4 is 23.1 Å². The molecule has 35 heavy (non-hydrogen) atoms. The topological polar surface area (TPSA) is 121 Å². The molecule has 0 aliphatic heterocycles. The van der Waals surface area contributed by atoms with Gasteiger partial charge in [0, 0.05) is 22.9 Å². The smallest absolute Gasteiger partial charge is 0.398 e. The van der Waals surface area contributed by atoms with E-state index in [4.69, 9.17) is 16.3 Å². The molecule has 11 heteroatoms. The molecule has 0 unspecified atom stereocenters. The second-order valence-corrected chi connectivity index (χ2v) is 8.00. The van der Waals surface area contributed by atoms with Gasteiger partial charge in [-0.05, 0) is 55.7 Å². The van der Waals surface area contributed by atoms with Crippen LogP contribution >= 0.6 is 0 Å². The van der Waals surface area contributed by atoms with Crippen LogP contribution in [0, 0.1) is 20.8 Å². The van der Waals surface area contributed by atoms with Crippen molar-refractivity contribution in [2.75, 3.05) is 5.73 Å². The van der Waals surface area contributed by atoms with E-state index in [2.05, 4.69) is 15.2 Å². The summed E-state index contributed by atoms with van der Waals surface area (Å²) in [6.45, 7) is 5.47. The lowest BCUT2D eigenvalue weighted by molar-refractivity contribution is -0.142. The Kier molecular flexibility index (Phi) is 5.93. The largest absolute Gasteiger partial charge is 0.433 e. The summed E-state index contributed by atoms with van der Waals surface area (Å²) in [7, 11) is 0. The van der Waals surface area contributed by atoms with E-state index >= 15 is 0 Å². The summed E-state index contributed by atoms with van der Waals surface area (Å²) in [5.74, 6) is -1.22. The molecule has 0 saturated carbocycles. The van der Waals surface area contributed by atoms with Gasteiger partial charge in [-0.2, -0.15) is 18.3 Å². The molecule has 0 atom stereocenters. The van der Waals surface area contributed by atoms with Gasteiger partial charge < -0.3 is 16.3 Å². The van der Waals surface area contributed by atoms with Crippen LogP contribution in [0.2, 0.25) is 0 Å². The van der Waals surface area contributed by atoms with E-state index < -0.39 is 23.5 Å². The van der Waals surface area contributed by atoms with E-state index in [9.17, 15) is 18.0 Å². The Bertz CT molecular complexity index is 1490. The molecule has 4 N–H and O–H groups in total. The van der Waals surface area contributed by atoms with Crippen molar-refractivity contribution in [2.45, 2.75) is 26.9 Å². The molecule has 2 heterocycles. The van der Waals surface area contributed by atoms with Gasteiger partial charge in [0.1, 0.15) is 0 Å². The highest BCUT2D eigenvalue weighted by Gasteiger charge is 2.36. The standard InChI is InChI=1S/C24H21F3N6O2/c1-12-7-8-15(9-13(12)2)18-10-20(24(25,26)27)33-21(30-18)11-19(31-33)23(34)35-32-22(29)16-5-4-6-17(28)14(16)3/h4-11H,28H2,1-3H3,(H2,29,32). The lowest BCUT2D eigenvalue weighted by atomic mass is 10.0. The number of benzene rings is 2. The number of aromatic nitrogens is 3. The number of nitrogens with two attached hydrogens (primary N) is 2. The lowest BCUT2D eigenvalue weighted by Crippen LogP contribution is -2.17. The SMILES string of the molecule is Cc1ccc(-c2cc(C(F)(F)F)n3nc(C(=O)O/N=C(\N)c4cccc(N)c4C)cc3n2)cc1C. The number of hydrogen-bond acceptors (Lipinski definition) is 6. The first-order valence-corrected chi connectivity index (χ1v) is 10.4. The predicted octanol–water partition coefficient (Wildman–Crippen LogP) is 4.40. The van der Waals surface area contributed by atoms with Crippen molar-refractivity contribution in [3.8, 4) is 11.3 Å². The average molecular weight is 482 g/mol. The molecule has 0 amide bonds. The van der Waals surface area contributed by atoms with Gasteiger partial charge in [-0.3, -0.25) is 0 Å². The van der Waals surface area contributed by atoms with Crippen LogP contribution in [0.15, 0.2) is 53.7 Å². The second-order valence-electron chi connectivity index (χ2n) is 8.00. The number of anilines is 1. The van der Waals surface area contributed by atoms with E-state index in [0.29, 0.717) is 26.9 Å². The summed E-state index contributed by atoms with van der Waals surface area (Å²) in [4.78, 5) is 21.6. The summed E-state index contributed by atoms with van der Waals surface area (Å²) < 4.78 is 42.0. The van der Waals surface area contributed by atoms with Crippen molar-refractivity contribution in [3.63, 3.8) is 0 Å². The quantitative estimate of drug-likeness (QED) is 0.146. The molecule has 0 aliphatic carbocycles. The fourth-order valence-corrected chi connectivity index (χ4v) is 3.44. The van der Waals surface area contributed by atoms with Crippen LogP contribution in [0.3, 0.4) is 0 Å². The number of fused-ring (bicyclic) bond motifs is 1.